The second-order valence-electron chi connectivity index (χ2n) is 11.1. The van der Waals surface area contributed by atoms with Gasteiger partial charge in [0.15, 0.2) is 17.4 Å². The van der Waals surface area contributed by atoms with Gasteiger partial charge in [0.25, 0.3) is 5.85 Å². The number of carbonyl (C=O) groups is 1. The van der Waals surface area contributed by atoms with E-state index < -0.39 is 51.2 Å². The van der Waals surface area contributed by atoms with E-state index in [1.165, 1.54) is 25.4 Å². The summed E-state index contributed by atoms with van der Waals surface area (Å²) >= 11 is 0. The van der Waals surface area contributed by atoms with Crippen LogP contribution in [0.1, 0.15) is 47.8 Å². The number of benzene rings is 1. The summed E-state index contributed by atoms with van der Waals surface area (Å²) in [6.45, 7) is 8.12. The minimum atomic E-state index is -4.54. The van der Waals surface area contributed by atoms with E-state index in [1.54, 1.807) is 25.1 Å². The number of nitrogens with two attached hydrogens (primary N) is 1. The average molecular weight is 643 g/mol. The van der Waals surface area contributed by atoms with Crippen molar-refractivity contribution in [3.63, 3.8) is 0 Å². The summed E-state index contributed by atoms with van der Waals surface area (Å²) in [6.07, 6.45) is -2.22. The fraction of sp³-hybridized carbons (Fsp3) is 0.556. The number of para-hydroxylation sites is 1. The maximum absolute atomic E-state index is 16.3. The van der Waals surface area contributed by atoms with Crippen LogP contribution in [0.25, 0.3) is 11.2 Å². The number of aliphatic hydroxyl groups is 2. The van der Waals surface area contributed by atoms with Crippen molar-refractivity contribution in [2.45, 2.75) is 65.8 Å². The van der Waals surface area contributed by atoms with Crippen LogP contribution in [0.15, 0.2) is 36.7 Å². The second-order valence-corrected chi connectivity index (χ2v) is 12.7. The second kappa shape index (κ2) is 14.6. The molecule has 2 aromatic heterocycles. The number of halogens is 1. The number of alkyl halides is 1. The first-order valence-electron chi connectivity index (χ1n) is 13.8. The molecule has 5 N–H and O–H groups in total. The number of nitrogen functional groups attached to an aromatic ring is 1. The Hall–Kier alpha value is -3.40. The molecule has 0 spiro atoms. The predicted molar refractivity (Wildman–Crippen MR) is 157 cm³/mol. The number of nitrogens with one attached hydrogen (secondary N) is 1. The number of esters is 1. The van der Waals surface area contributed by atoms with Gasteiger partial charge in [-0.3, -0.25) is 13.9 Å². The van der Waals surface area contributed by atoms with Crippen molar-refractivity contribution in [3.05, 3.63) is 36.7 Å². The number of imidazole rings is 1. The molecule has 0 aliphatic heterocycles. The number of anilines is 1. The molecule has 0 aliphatic carbocycles. The summed E-state index contributed by atoms with van der Waals surface area (Å²) in [6, 6.07) is 6.65. The summed E-state index contributed by atoms with van der Waals surface area (Å²) in [5.41, 5.74) is 5.68. The summed E-state index contributed by atoms with van der Waals surface area (Å²) in [4.78, 5) is 24.9. The SMILES string of the molecule is CCOc1nc(N)nc2c1ncn2C(CO)O[C@](F)(COP(=O)(NC(C)C(=O)OCC(C)(C)C)Oc1ccccc1)[C@H](C)O. The number of hydrogen-bond acceptors (Lipinski definition) is 13. The third kappa shape index (κ3) is 9.30. The van der Waals surface area contributed by atoms with E-state index in [2.05, 4.69) is 20.0 Å². The highest BCUT2D eigenvalue weighted by atomic mass is 31.2. The Balaban J connectivity index is 1.87. The number of hydrogen-bond donors (Lipinski definition) is 4. The van der Waals surface area contributed by atoms with E-state index in [9.17, 15) is 19.6 Å². The Bertz CT molecular complexity index is 1440. The van der Waals surface area contributed by atoms with Crippen LogP contribution in [0, 0.1) is 5.41 Å². The molecule has 44 heavy (non-hydrogen) atoms. The fourth-order valence-electron chi connectivity index (χ4n) is 3.60. The number of aromatic nitrogens is 4. The molecule has 2 heterocycles. The minimum absolute atomic E-state index is 0.0520. The first-order valence-corrected chi connectivity index (χ1v) is 15.4. The lowest BCUT2D eigenvalue weighted by molar-refractivity contribution is -0.263. The lowest BCUT2D eigenvalue weighted by atomic mass is 9.99. The Morgan fingerprint density at radius 2 is 1.86 bits per heavy atom. The average Bonchev–Trinajstić information content (AvgIpc) is 3.37. The summed E-state index contributed by atoms with van der Waals surface area (Å²) in [5, 5.41) is 23.0. The smallest absolute Gasteiger partial charge is 0.459 e. The van der Waals surface area contributed by atoms with Gasteiger partial charge in [-0.15, -0.1) is 0 Å². The van der Waals surface area contributed by atoms with Crippen molar-refractivity contribution < 1.29 is 47.2 Å². The van der Waals surface area contributed by atoms with Crippen LogP contribution in [0.5, 0.6) is 11.6 Å². The van der Waals surface area contributed by atoms with Crippen molar-refractivity contribution >= 4 is 30.8 Å². The van der Waals surface area contributed by atoms with Gasteiger partial charge < -0.3 is 34.7 Å². The van der Waals surface area contributed by atoms with Gasteiger partial charge in [0, 0.05) is 0 Å². The minimum Gasteiger partial charge on any atom is -0.476 e. The third-order valence-electron chi connectivity index (χ3n) is 5.86. The van der Waals surface area contributed by atoms with Crippen LogP contribution < -0.4 is 20.1 Å². The van der Waals surface area contributed by atoms with Gasteiger partial charge in [-0.05, 0) is 38.3 Å². The zero-order valence-electron chi connectivity index (χ0n) is 25.5. The molecule has 0 saturated carbocycles. The zero-order chi connectivity index (χ0) is 32.7. The molecule has 0 radical (unpaired) electrons. The molecule has 1 aromatic carbocycles. The molecule has 15 nitrogen and oxygen atoms in total. The number of carbonyl (C=O) groups excluding carboxylic acids is 1. The summed E-state index contributed by atoms with van der Waals surface area (Å²) < 4.78 is 58.6. The van der Waals surface area contributed by atoms with Gasteiger partial charge in [-0.25, -0.2) is 13.9 Å². The monoisotopic (exact) mass is 642 g/mol. The highest BCUT2D eigenvalue weighted by Crippen LogP contribution is 2.46. The molecule has 244 valence electrons. The quantitative estimate of drug-likeness (QED) is 0.131. The van der Waals surface area contributed by atoms with Crippen molar-refractivity contribution in [1.29, 1.82) is 0 Å². The molecule has 0 fully saturated rings. The number of rotatable bonds is 16. The summed E-state index contributed by atoms with van der Waals surface area (Å²) in [7, 11) is -4.54. The van der Waals surface area contributed by atoms with Crippen LogP contribution in [0.2, 0.25) is 0 Å². The fourth-order valence-corrected chi connectivity index (χ4v) is 5.11. The van der Waals surface area contributed by atoms with Gasteiger partial charge in [-0.1, -0.05) is 39.0 Å². The number of aliphatic hydroxyl groups excluding tert-OH is 2. The van der Waals surface area contributed by atoms with E-state index in [1.807, 2.05) is 20.8 Å². The molecular weight excluding hydrogens is 602 g/mol. The Kier molecular flexibility index (Phi) is 11.6. The van der Waals surface area contributed by atoms with E-state index >= 15 is 4.39 Å². The topological polar surface area (TPSA) is 202 Å². The van der Waals surface area contributed by atoms with Crippen LogP contribution >= 0.6 is 7.75 Å². The van der Waals surface area contributed by atoms with Crippen molar-refractivity contribution in [2.75, 3.05) is 32.2 Å². The molecule has 17 heteroatoms. The number of fused-ring (bicyclic) bond motifs is 1. The molecule has 0 saturated heterocycles. The zero-order valence-corrected chi connectivity index (χ0v) is 26.4. The lowest BCUT2D eigenvalue weighted by Crippen LogP contribution is -2.46. The Morgan fingerprint density at radius 1 is 1.18 bits per heavy atom. The molecule has 5 atom stereocenters. The first-order chi connectivity index (χ1) is 20.6. The maximum atomic E-state index is 16.3. The van der Waals surface area contributed by atoms with Crippen LogP contribution in [0.3, 0.4) is 0 Å². The molecular formula is C27H40FN6O9P. The first kappa shape index (κ1) is 35.1. The molecule has 3 unspecified atom stereocenters. The summed E-state index contributed by atoms with van der Waals surface area (Å²) in [5.74, 6) is -3.86. The van der Waals surface area contributed by atoms with E-state index in [-0.39, 0.29) is 47.4 Å². The highest BCUT2D eigenvalue weighted by molar-refractivity contribution is 7.52. The molecule has 0 amide bonds. The lowest BCUT2D eigenvalue weighted by Gasteiger charge is -2.33. The molecule has 3 rings (SSSR count). The van der Waals surface area contributed by atoms with Crippen molar-refractivity contribution in [3.8, 4) is 11.6 Å². The van der Waals surface area contributed by atoms with Crippen LogP contribution in [-0.4, -0.2) is 80.1 Å². The molecule has 3 aromatic rings. The normalized spacial score (nSPS) is 16.8. The van der Waals surface area contributed by atoms with Crippen molar-refractivity contribution in [2.24, 2.45) is 5.41 Å². The molecule has 0 aliphatic rings. The Labute approximate surface area is 254 Å². The predicted octanol–water partition coefficient (Wildman–Crippen LogP) is 3.13. The van der Waals surface area contributed by atoms with E-state index in [0.29, 0.717) is 0 Å². The number of nitrogens with zero attached hydrogens (tertiary/aromatic N) is 4. The van der Waals surface area contributed by atoms with E-state index in [0.717, 1.165) is 11.5 Å². The maximum Gasteiger partial charge on any atom is 0.459 e. The van der Waals surface area contributed by atoms with Gasteiger partial charge in [0.1, 0.15) is 24.5 Å². The standard InChI is InChI=1S/C27H40FN6O9P/c1-7-39-23-21-22(31-25(29)32-23)34(16-30-21)20(13-35)42-27(28,18(3)36)15-41-44(38,43-19-11-9-8-10-12-19)33-17(2)24(37)40-14-26(4,5)6/h8-12,16-18,20,35-36H,7,13-15H2,1-6H3,(H,33,38)(H2,29,31,32)/t17?,18-,20?,27+,44?/m0/s1. The number of ether oxygens (including phenoxy) is 3. The Morgan fingerprint density at radius 3 is 2.45 bits per heavy atom. The largest absolute Gasteiger partial charge is 0.476 e. The van der Waals surface area contributed by atoms with Crippen LogP contribution in [-0.2, 0) is 23.4 Å². The van der Waals surface area contributed by atoms with E-state index in [4.69, 9.17) is 29.0 Å². The highest BCUT2D eigenvalue weighted by Gasteiger charge is 2.44. The van der Waals surface area contributed by atoms with Gasteiger partial charge in [0.05, 0.1) is 26.1 Å². The van der Waals surface area contributed by atoms with Gasteiger partial charge in [-0.2, -0.15) is 15.1 Å². The van der Waals surface area contributed by atoms with Crippen molar-refractivity contribution in [1.82, 2.24) is 24.6 Å². The van der Waals surface area contributed by atoms with Gasteiger partial charge in [0.2, 0.25) is 11.8 Å². The third-order valence-corrected chi connectivity index (χ3v) is 7.49. The molecule has 0 bridgehead atoms. The van der Waals surface area contributed by atoms with Crippen LogP contribution in [0.4, 0.5) is 10.3 Å². The van der Waals surface area contributed by atoms with Gasteiger partial charge >= 0.3 is 13.7 Å².